The van der Waals surface area contributed by atoms with Crippen LogP contribution < -0.4 is 0 Å². The predicted octanol–water partition coefficient (Wildman–Crippen LogP) is 6.89. The molecule has 0 unspecified atom stereocenters. The molecule has 33 heavy (non-hydrogen) atoms. The lowest BCUT2D eigenvalue weighted by molar-refractivity contribution is -0.191. The second kappa shape index (κ2) is 10.3. The van der Waals surface area contributed by atoms with Crippen LogP contribution in [0.15, 0.2) is 58.7 Å². The van der Waals surface area contributed by atoms with E-state index >= 15 is 0 Å². The number of halogens is 3. The highest BCUT2D eigenvalue weighted by Crippen LogP contribution is 2.58. The summed E-state index contributed by atoms with van der Waals surface area (Å²) in [6, 6.07) is 0. The number of nitrogens with zero attached hydrogens (tertiary/aromatic N) is 1. The molecule has 0 aromatic rings. The molecule has 0 saturated heterocycles. The van der Waals surface area contributed by atoms with Crippen LogP contribution in [0.25, 0.3) is 0 Å². The average Bonchev–Trinajstić information content (AvgIpc) is 3.49. The second-order valence-electron chi connectivity index (χ2n) is 10.1. The Kier molecular flexibility index (Phi) is 8.36. The van der Waals surface area contributed by atoms with Crippen molar-refractivity contribution in [1.82, 2.24) is 4.90 Å². The molecule has 1 fully saturated rings. The lowest BCUT2D eigenvalue weighted by Gasteiger charge is -2.32. The Morgan fingerprint density at radius 2 is 1.70 bits per heavy atom. The topological polar surface area (TPSA) is 37.4 Å². The van der Waals surface area contributed by atoms with Crippen LogP contribution in [-0.2, 0) is 9.59 Å². The molecule has 0 heterocycles. The highest BCUT2D eigenvalue weighted by Gasteiger charge is 2.67. The molecule has 1 saturated carbocycles. The number of amides is 1. The number of Topliss-reactive ketones (excluding diaryl/α,β-unsaturated/α-hetero) is 1. The zero-order valence-electron chi connectivity index (χ0n) is 20.6. The normalized spacial score (nSPS) is 21.1. The summed E-state index contributed by atoms with van der Waals surface area (Å²) in [4.78, 5) is 25.4. The van der Waals surface area contributed by atoms with E-state index in [0.717, 1.165) is 16.9 Å². The minimum Gasteiger partial charge on any atom is -0.335 e. The molecule has 182 valence electrons. The van der Waals surface area contributed by atoms with E-state index in [0.29, 0.717) is 5.57 Å². The van der Waals surface area contributed by atoms with Gasteiger partial charge in [0.25, 0.3) is 0 Å². The van der Waals surface area contributed by atoms with E-state index in [1.165, 1.54) is 37.1 Å². The molecule has 2 aliphatic rings. The molecule has 2 aliphatic carbocycles. The summed E-state index contributed by atoms with van der Waals surface area (Å²) in [6.07, 6.45) is 9.77. The zero-order valence-corrected chi connectivity index (χ0v) is 20.6. The van der Waals surface area contributed by atoms with Gasteiger partial charge in [0.15, 0.2) is 5.78 Å². The second-order valence-corrected chi connectivity index (χ2v) is 10.1. The molecule has 0 atom stereocenters. The summed E-state index contributed by atoms with van der Waals surface area (Å²) in [5.74, 6) is -1.43. The summed E-state index contributed by atoms with van der Waals surface area (Å²) in [7, 11) is 1.35. The molecular weight excluding hydrogens is 427 g/mol. The zero-order chi connectivity index (χ0) is 25.0. The average molecular weight is 464 g/mol. The maximum Gasteiger partial charge on any atom is 0.401 e. The van der Waals surface area contributed by atoms with Gasteiger partial charge >= 0.3 is 6.18 Å². The Morgan fingerprint density at radius 1 is 1.06 bits per heavy atom. The van der Waals surface area contributed by atoms with Crippen molar-refractivity contribution >= 4 is 11.7 Å². The molecule has 3 nitrogen and oxygen atoms in total. The van der Waals surface area contributed by atoms with Crippen molar-refractivity contribution in [1.29, 1.82) is 0 Å². The quantitative estimate of drug-likeness (QED) is 0.290. The fourth-order valence-electron chi connectivity index (χ4n) is 4.28. The predicted molar refractivity (Wildman–Crippen MR) is 126 cm³/mol. The molecule has 6 heteroatoms. The molecule has 1 amide bonds. The summed E-state index contributed by atoms with van der Waals surface area (Å²) in [5, 5.41) is 0. The minimum atomic E-state index is -4.55. The third-order valence-electron chi connectivity index (χ3n) is 6.71. The lowest BCUT2D eigenvalue weighted by atomic mass is 9.72. The van der Waals surface area contributed by atoms with Gasteiger partial charge in [-0.25, -0.2) is 0 Å². The van der Waals surface area contributed by atoms with Crippen molar-refractivity contribution in [2.45, 2.75) is 72.9 Å². The Morgan fingerprint density at radius 3 is 2.24 bits per heavy atom. The van der Waals surface area contributed by atoms with Gasteiger partial charge in [-0.15, -0.1) is 0 Å². The standard InChI is InChI=1S/C27H36F3NO2/c1-19(12-13-22-21(3)11-8-14-25(22,4)5)9-7-10-20(2)17-24(33)31(6)18-23(32)26(15-16-26)27(28,29)30/h7,9-10,12-13,17H,8,11,14-16,18H2,1-6H3/b10-7+,13-12+,19-9-,20-17+. The Balaban J connectivity index is 1.95. The van der Waals surface area contributed by atoms with Crippen LogP contribution in [0, 0.1) is 10.8 Å². The van der Waals surface area contributed by atoms with E-state index in [2.05, 4.69) is 32.9 Å². The molecule has 0 spiro atoms. The largest absolute Gasteiger partial charge is 0.401 e. The third-order valence-corrected chi connectivity index (χ3v) is 6.71. The van der Waals surface area contributed by atoms with Crippen molar-refractivity contribution < 1.29 is 22.8 Å². The van der Waals surface area contributed by atoms with E-state index in [9.17, 15) is 22.8 Å². The third kappa shape index (κ3) is 6.81. The summed E-state index contributed by atoms with van der Waals surface area (Å²) in [5.41, 5.74) is 2.48. The van der Waals surface area contributed by atoms with Crippen molar-refractivity contribution in [3.05, 3.63) is 58.7 Å². The van der Waals surface area contributed by atoms with E-state index in [1.54, 1.807) is 13.0 Å². The number of hydrogen-bond acceptors (Lipinski definition) is 2. The van der Waals surface area contributed by atoms with E-state index in [-0.39, 0.29) is 18.3 Å². The van der Waals surface area contributed by atoms with Crippen molar-refractivity contribution in [2.75, 3.05) is 13.6 Å². The molecule has 0 N–H and O–H groups in total. The van der Waals surface area contributed by atoms with E-state index in [4.69, 9.17) is 0 Å². The number of carbonyl (C=O) groups excluding carboxylic acids is 2. The number of hydrogen-bond donors (Lipinski definition) is 0. The first-order valence-electron chi connectivity index (χ1n) is 11.5. The van der Waals surface area contributed by atoms with Gasteiger partial charge in [0, 0.05) is 13.1 Å². The first kappa shape index (κ1) is 26.9. The van der Waals surface area contributed by atoms with Crippen LogP contribution in [0.3, 0.4) is 0 Å². The van der Waals surface area contributed by atoms with E-state index in [1.807, 2.05) is 19.1 Å². The van der Waals surface area contributed by atoms with Gasteiger partial charge in [0.05, 0.1) is 6.54 Å². The van der Waals surface area contributed by atoms with Crippen molar-refractivity contribution in [3.8, 4) is 0 Å². The van der Waals surface area contributed by atoms with Crippen molar-refractivity contribution in [2.24, 2.45) is 10.8 Å². The van der Waals surface area contributed by atoms with Crippen LogP contribution in [0.2, 0.25) is 0 Å². The van der Waals surface area contributed by atoms with Gasteiger partial charge in [-0.2, -0.15) is 13.2 Å². The van der Waals surface area contributed by atoms with E-state index < -0.39 is 29.8 Å². The van der Waals surface area contributed by atoms with Crippen LogP contribution in [0.5, 0.6) is 0 Å². The van der Waals surface area contributed by atoms with Crippen LogP contribution in [0.4, 0.5) is 13.2 Å². The van der Waals surface area contributed by atoms with Crippen molar-refractivity contribution in [3.63, 3.8) is 0 Å². The van der Waals surface area contributed by atoms with Gasteiger partial charge in [0.2, 0.25) is 5.91 Å². The fourth-order valence-corrected chi connectivity index (χ4v) is 4.28. The number of allylic oxidation sites excluding steroid dienone is 9. The van der Waals surface area contributed by atoms with Gasteiger partial charge in [-0.1, -0.05) is 55.4 Å². The minimum absolute atomic E-state index is 0.182. The summed E-state index contributed by atoms with van der Waals surface area (Å²) >= 11 is 0. The maximum atomic E-state index is 13.1. The molecule has 0 aromatic heterocycles. The Hall–Kier alpha value is -2.37. The lowest BCUT2D eigenvalue weighted by Crippen LogP contribution is -2.40. The summed E-state index contributed by atoms with van der Waals surface area (Å²) < 4.78 is 39.2. The Labute approximate surface area is 195 Å². The summed E-state index contributed by atoms with van der Waals surface area (Å²) in [6.45, 7) is 9.95. The van der Waals surface area contributed by atoms with Crippen LogP contribution in [-0.4, -0.2) is 36.4 Å². The molecule has 0 aromatic carbocycles. The number of ketones is 1. The number of alkyl halides is 3. The molecule has 2 rings (SSSR count). The number of likely N-dealkylation sites (N-methyl/N-ethyl adjacent to an activating group) is 1. The smallest absolute Gasteiger partial charge is 0.335 e. The van der Waals surface area contributed by atoms with Gasteiger partial charge in [-0.05, 0) is 69.4 Å². The first-order valence-corrected chi connectivity index (χ1v) is 11.5. The Bertz CT molecular complexity index is 926. The highest BCUT2D eigenvalue weighted by atomic mass is 19.4. The van der Waals surface area contributed by atoms with Crippen LogP contribution >= 0.6 is 0 Å². The monoisotopic (exact) mass is 463 g/mol. The molecule has 0 radical (unpaired) electrons. The molecule has 0 aliphatic heterocycles. The number of rotatable bonds is 8. The SMILES string of the molecule is CC1=C(/C=C/C(C)=C\C=C\C(C)=C\C(=O)N(C)CC(=O)C2(C(F)(F)F)CC2)C(C)(C)CCC1. The molecular formula is C27H36F3NO2. The molecule has 0 bridgehead atoms. The highest BCUT2D eigenvalue weighted by molar-refractivity contribution is 5.95. The first-order chi connectivity index (χ1) is 15.2. The van der Waals surface area contributed by atoms with Gasteiger partial charge < -0.3 is 4.90 Å². The fraction of sp³-hybridized carbons (Fsp3) is 0.556. The van der Waals surface area contributed by atoms with Gasteiger partial charge in [0.1, 0.15) is 5.41 Å². The van der Waals surface area contributed by atoms with Crippen LogP contribution in [0.1, 0.15) is 66.7 Å². The number of carbonyl (C=O) groups is 2. The maximum absolute atomic E-state index is 13.1. The van der Waals surface area contributed by atoms with Gasteiger partial charge in [-0.3, -0.25) is 9.59 Å².